The van der Waals surface area contributed by atoms with Crippen LogP contribution in [0.15, 0.2) is 18.3 Å². The minimum atomic E-state index is -0.330. The van der Waals surface area contributed by atoms with E-state index in [1.165, 1.54) is 39.3 Å². The van der Waals surface area contributed by atoms with Crippen molar-refractivity contribution in [2.45, 2.75) is 38.3 Å². The predicted octanol–water partition coefficient (Wildman–Crippen LogP) is 1.83. The average molecular weight is 303 g/mol. The average Bonchev–Trinajstić information content (AvgIpc) is 3.10. The van der Waals surface area contributed by atoms with Crippen molar-refractivity contribution in [1.82, 2.24) is 15.2 Å². The second-order valence-corrected chi connectivity index (χ2v) is 6.35. The van der Waals surface area contributed by atoms with Gasteiger partial charge in [-0.05, 0) is 63.4 Å². The monoisotopic (exact) mass is 303 g/mol. The molecule has 0 radical (unpaired) electrons. The predicted molar refractivity (Wildman–Crippen MR) is 84.6 cm³/mol. The normalized spacial score (nSPS) is 23.6. The third kappa shape index (κ3) is 3.65. The molecule has 5 heteroatoms. The van der Waals surface area contributed by atoms with Gasteiger partial charge in [0.05, 0.1) is 18.4 Å². The first-order chi connectivity index (χ1) is 10.8. The van der Waals surface area contributed by atoms with Crippen LogP contribution in [0.25, 0.3) is 0 Å². The number of carbonyl (C=O) groups is 1. The Hall–Kier alpha value is -1.46. The first-order valence-electron chi connectivity index (χ1n) is 8.25. The van der Waals surface area contributed by atoms with E-state index in [4.69, 9.17) is 4.74 Å². The summed E-state index contributed by atoms with van der Waals surface area (Å²) in [6, 6.07) is 4.47. The molecule has 0 bridgehead atoms. The first-order valence-corrected chi connectivity index (χ1v) is 8.25. The number of ether oxygens (including phenoxy) is 1. The lowest BCUT2D eigenvalue weighted by Crippen LogP contribution is -2.40. The Labute approximate surface area is 132 Å². The Morgan fingerprint density at radius 2 is 2.18 bits per heavy atom. The SMILES string of the molecule is COC(=O)c1ccc(CN2CCC(C3CCCN3)CC2)nc1. The standard InChI is InChI=1S/C17H25N3O2/c1-22-17(21)14-4-5-15(19-11-14)12-20-9-6-13(7-10-20)16-3-2-8-18-16/h4-5,11,13,16,18H,2-3,6-10,12H2,1H3. The van der Waals surface area contributed by atoms with Crippen LogP contribution >= 0.6 is 0 Å². The van der Waals surface area contributed by atoms with Crippen molar-refractivity contribution >= 4 is 5.97 Å². The van der Waals surface area contributed by atoms with Crippen LogP contribution in [-0.2, 0) is 11.3 Å². The molecule has 0 amide bonds. The fraction of sp³-hybridized carbons (Fsp3) is 0.647. The Bertz CT molecular complexity index is 489. The number of esters is 1. The maximum Gasteiger partial charge on any atom is 0.339 e. The van der Waals surface area contributed by atoms with Gasteiger partial charge in [0.2, 0.25) is 0 Å². The van der Waals surface area contributed by atoms with Crippen molar-refractivity contribution in [2.24, 2.45) is 5.92 Å². The highest BCUT2D eigenvalue weighted by Gasteiger charge is 2.28. The number of nitrogens with one attached hydrogen (secondary N) is 1. The molecule has 3 rings (SSSR count). The van der Waals surface area contributed by atoms with Crippen LogP contribution in [-0.4, -0.2) is 48.6 Å². The number of pyridine rings is 1. The molecule has 2 aliphatic heterocycles. The summed E-state index contributed by atoms with van der Waals surface area (Å²) in [7, 11) is 1.39. The van der Waals surface area contributed by atoms with E-state index in [-0.39, 0.29) is 5.97 Å². The minimum Gasteiger partial charge on any atom is -0.465 e. The summed E-state index contributed by atoms with van der Waals surface area (Å²) in [6.07, 6.45) is 6.84. The van der Waals surface area contributed by atoms with E-state index >= 15 is 0 Å². The van der Waals surface area contributed by atoms with Crippen LogP contribution in [0.2, 0.25) is 0 Å². The Morgan fingerprint density at radius 3 is 2.77 bits per heavy atom. The van der Waals surface area contributed by atoms with Crippen molar-refractivity contribution < 1.29 is 9.53 Å². The second kappa shape index (κ2) is 7.20. The molecule has 120 valence electrons. The number of likely N-dealkylation sites (tertiary alicyclic amines) is 1. The molecular formula is C17H25N3O2. The molecule has 2 aliphatic rings. The van der Waals surface area contributed by atoms with E-state index < -0.39 is 0 Å². The van der Waals surface area contributed by atoms with Crippen molar-refractivity contribution in [1.29, 1.82) is 0 Å². The van der Waals surface area contributed by atoms with Gasteiger partial charge in [0, 0.05) is 18.8 Å². The Kier molecular flexibility index (Phi) is 5.05. The molecule has 2 fully saturated rings. The van der Waals surface area contributed by atoms with E-state index in [0.29, 0.717) is 5.56 Å². The van der Waals surface area contributed by atoms with Gasteiger partial charge in [-0.3, -0.25) is 9.88 Å². The lowest BCUT2D eigenvalue weighted by atomic mass is 9.88. The summed E-state index contributed by atoms with van der Waals surface area (Å²) >= 11 is 0. The van der Waals surface area contributed by atoms with Crippen LogP contribution in [0.1, 0.15) is 41.7 Å². The van der Waals surface area contributed by atoms with Crippen LogP contribution < -0.4 is 5.32 Å². The second-order valence-electron chi connectivity index (χ2n) is 6.35. The molecule has 0 spiro atoms. The number of piperidine rings is 1. The maximum atomic E-state index is 11.4. The fourth-order valence-corrected chi connectivity index (χ4v) is 3.61. The van der Waals surface area contributed by atoms with Gasteiger partial charge in [0.15, 0.2) is 0 Å². The summed E-state index contributed by atoms with van der Waals surface area (Å²) in [6.45, 7) is 4.35. The molecule has 1 atom stereocenters. The molecule has 1 aromatic rings. The molecule has 0 aromatic carbocycles. The summed E-state index contributed by atoms with van der Waals surface area (Å²) in [5.74, 6) is 0.511. The molecule has 1 aromatic heterocycles. The number of aromatic nitrogens is 1. The number of hydrogen-bond acceptors (Lipinski definition) is 5. The molecule has 22 heavy (non-hydrogen) atoms. The third-order valence-corrected chi connectivity index (χ3v) is 4.93. The largest absolute Gasteiger partial charge is 0.465 e. The highest BCUT2D eigenvalue weighted by atomic mass is 16.5. The zero-order valence-electron chi connectivity index (χ0n) is 13.3. The maximum absolute atomic E-state index is 11.4. The summed E-state index contributed by atoms with van der Waals surface area (Å²) in [5.41, 5.74) is 1.53. The van der Waals surface area contributed by atoms with Gasteiger partial charge in [-0.2, -0.15) is 0 Å². The van der Waals surface area contributed by atoms with E-state index in [2.05, 4.69) is 15.2 Å². The molecule has 1 unspecified atom stereocenters. The summed E-state index contributed by atoms with van der Waals surface area (Å²) in [4.78, 5) is 18.2. The minimum absolute atomic E-state index is 0.330. The van der Waals surface area contributed by atoms with Crippen molar-refractivity contribution in [3.05, 3.63) is 29.6 Å². The highest BCUT2D eigenvalue weighted by molar-refractivity contribution is 5.88. The van der Waals surface area contributed by atoms with Gasteiger partial charge in [-0.15, -0.1) is 0 Å². The van der Waals surface area contributed by atoms with Gasteiger partial charge >= 0.3 is 5.97 Å². The van der Waals surface area contributed by atoms with Crippen molar-refractivity contribution in [3.63, 3.8) is 0 Å². The Morgan fingerprint density at radius 1 is 1.36 bits per heavy atom. The van der Waals surface area contributed by atoms with Gasteiger partial charge in [-0.25, -0.2) is 4.79 Å². The van der Waals surface area contributed by atoms with Crippen LogP contribution in [0.3, 0.4) is 0 Å². The molecule has 2 saturated heterocycles. The van der Waals surface area contributed by atoms with E-state index in [1.807, 2.05) is 6.07 Å². The first kappa shape index (κ1) is 15.4. The molecule has 1 N–H and O–H groups in total. The van der Waals surface area contributed by atoms with Crippen molar-refractivity contribution in [3.8, 4) is 0 Å². The topological polar surface area (TPSA) is 54.5 Å². The van der Waals surface area contributed by atoms with Crippen molar-refractivity contribution in [2.75, 3.05) is 26.7 Å². The zero-order chi connectivity index (χ0) is 15.4. The van der Waals surface area contributed by atoms with Crippen LogP contribution in [0.4, 0.5) is 0 Å². The van der Waals surface area contributed by atoms with Gasteiger partial charge < -0.3 is 10.1 Å². The lowest BCUT2D eigenvalue weighted by Gasteiger charge is -2.34. The van der Waals surface area contributed by atoms with Gasteiger partial charge in [-0.1, -0.05) is 0 Å². The smallest absolute Gasteiger partial charge is 0.339 e. The van der Waals surface area contributed by atoms with Crippen LogP contribution in [0.5, 0.6) is 0 Å². The molecule has 3 heterocycles. The number of nitrogens with zero attached hydrogens (tertiary/aromatic N) is 2. The number of methoxy groups -OCH3 is 1. The van der Waals surface area contributed by atoms with E-state index in [9.17, 15) is 4.79 Å². The summed E-state index contributed by atoms with van der Waals surface area (Å²) in [5, 5.41) is 3.64. The van der Waals surface area contributed by atoms with Gasteiger partial charge in [0.25, 0.3) is 0 Å². The van der Waals surface area contributed by atoms with E-state index in [0.717, 1.165) is 37.3 Å². The third-order valence-electron chi connectivity index (χ3n) is 4.93. The summed E-state index contributed by atoms with van der Waals surface area (Å²) < 4.78 is 4.69. The number of carbonyl (C=O) groups excluding carboxylic acids is 1. The Balaban J connectivity index is 1.49. The quantitative estimate of drug-likeness (QED) is 0.860. The molecular weight excluding hydrogens is 278 g/mol. The lowest BCUT2D eigenvalue weighted by molar-refractivity contribution is 0.0600. The molecule has 0 saturated carbocycles. The van der Waals surface area contributed by atoms with E-state index in [1.54, 1.807) is 12.3 Å². The molecule has 5 nitrogen and oxygen atoms in total. The number of hydrogen-bond donors (Lipinski definition) is 1. The molecule has 0 aliphatic carbocycles. The van der Waals surface area contributed by atoms with Crippen LogP contribution in [0, 0.1) is 5.92 Å². The fourth-order valence-electron chi connectivity index (χ4n) is 3.61. The highest BCUT2D eigenvalue weighted by Crippen LogP contribution is 2.26. The van der Waals surface area contributed by atoms with Gasteiger partial charge in [0.1, 0.15) is 0 Å². The number of rotatable bonds is 4. The zero-order valence-corrected chi connectivity index (χ0v) is 13.3.